The molecular weight excluding hydrogens is 328 g/mol. The van der Waals surface area contributed by atoms with E-state index in [9.17, 15) is 9.59 Å². The molecule has 0 unspecified atom stereocenters. The number of fused-ring (bicyclic) bond motifs is 1. The highest BCUT2D eigenvalue weighted by atomic mass is 16.5. The number of carbonyl (C=O) groups is 2. The van der Waals surface area contributed by atoms with Gasteiger partial charge in [-0.05, 0) is 23.3 Å². The zero-order valence-electron chi connectivity index (χ0n) is 14.4. The van der Waals surface area contributed by atoms with Crippen LogP contribution < -0.4 is 0 Å². The molecule has 0 saturated heterocycles. The van der Waals surface area contributed by atoms with E-state index < -0.39 is 12.0 Å². The van der Waals surface area contributed by atoms with Gasteiger partial charge in [-0.15, -0.1) is 0 Å². The smallest absolute Gasteiger partial charge is 0.308 e. The van der Waals surface area contributed by atoms with Gasteiger partial charge in [0.1, 0.15) is 6.61 Å². The number of hydrogen-bond donors (Lipinski definition) is 0. The first kappa shape index (κ1) is 17.4. The number of rotatable bonds is 4. The summed E-state index contributed by atoms with van der Waals surface area (Å²) in [5.74, 6) is -0.553. The van der Waals surface area contributed by atoms with Crippen LogP contribution in [-0.2, 0) is 20.9 Å². The Balaban J connectivity index is 1.74. The van der Waals surface area contributed by atoms with Crippen molar-refractivity contribution in [3.05, 3.63) is 77.0 Å². The van der Waals surface area contributed by atoms with Crippen molar-refractivity contribution in [2.45, 2.75) is 26.0 Å². The van der Waals surface area contributed by atoms with Crippen LogP contribution >= 0.6 is 0 Å². The molecule has 1 aliphatic rings. The van der Waals surface area contributed by atoms with E-state index >= 15 is 0 Å². The molecule has 0 radical (unpaired) electrons. The molecule has 2 aromatic rings. The Morgan fingerprint density at radius 2 is 1.88 bits per heavy atom. The standard InChI is InChI=1S/C21H18N2O3/c1-15(24)23-11-10-16-6-4-5-9-19(16)20(23)12-21(25)26-14-18-8-3-2-7-17(18)13-22/h2-11,20H,12,14H2,1H3/t20-/m1/s1. The van der Waals surface area contributed by atoms with Crippen molar-refractivity contribution < 1.29 is 14.3 Å². The van der Waals surface area contributed by atoms with Crippen LogP contribution in [-0.4, -0.2) is 16.8 Å². The Kier molecular flexibility index (Phi) is 5.14. The van der Waals surface area contributed by atoms with E-state index in [1.165, 1.54) is 6.92 Å². The fourth-order valence-corrected chi connectivity index (χ4v) is 3.04. The van der Waals surface area contributed by atoms with Crippen LogP contribution in [0.5, 0.6) is 0 Å². The molecule has 0 aromatic heterocycles. The van der Waals surface area contributed by atoms with Gasteiger partial charge in [0, 0.05) is 18.7 Å². The molecule has 0 saturated carbocycles. The quantitative estimate of drug-likeness (QED) is 0.794. The largest absolute Gasteiger partial charge is 0.461 e. The first-order valence-electron chi connectivity index (χ1n) is 8.30. The van der Waals surface area contributed by atoms with E-state index in [2.05, 4.69) is 6.07 Å². The van der Waals surface area contributed by atoms with Crippen molar-refractivity contribution in [2.75, 3.05) is 0 Å². The van der Waals surface area contributed by atoms with Crippen molar-refractivity contribution in [1.29, 1.82) is 5.26 Å². The fraction of sp³-hybridized carbons (Fsp3) is 0.190. The number of hydrogen-bond acceptors (Lipinski definition) is 4. The Hall–Kier alpha value is -3.39. The van der Waals surface area contributed by atoms with Gasteiger partial charge in [-0.3, -0.25) is 9.59 Å². The number of nitrogens with zero attached hydrogens (tertiary/aromatic N) is 2. The summed E-state index contributed by atoms with van der Waals surface area (Å²) < 4.78 is 5.36. The van der Waals surface area contributed by atoms with E-state index in [1.807, 2.05) is 30.3 Å². The number of amides is 1. The van der Waals surface area contributed by atoms with Gasteiger partial charge in [-0.2, -0.15) is 5.26 Å². The van der Waals surface area contributed by atoms with Crippen LogP contribution in [0.15, 0.2) is 54.7 Å². The normalized spacial score (nSPS) is 15.1. The van der Waals surface area contributed by atoms with Gasteiger partial charge in [0.2, 0.25) is 5.91 Å². The van der Waals surface area contributed by atoms with Crippen LogP contribution in [0.1, 0.15) is 41.6 Å². The summed E-state index contributed by atoms with van der Waals surface area (Å²) in [4.78, 5) is 25.9. The number of esters is 1. The van der Waals surface area contributed by atoms with Crippen LogP contribution in [0.4, 0.5) is 0 Å². The lowest BCUT2D eigenvalue weighted by atomic mass is 9.94. The summed E-state index contributed by atoms with van der Waals surface area (Å²) in [5, 5.41) is 9.11. The Morgan fingerprint density at radius 3 is 2.65 bits per heavy atom. The maximum atomic E-state index is 12.4. The highest BCUT2D eigenvalue weighted by Gasteiger charge is 2.28. The highest BCUT2D eigenvalue weighted by molar-refractivity contribution is 5.80. The molecule has 1 aliphatic heterocycles. The first-order valence-corrected chi connectivity index (χ1v) is 8.30. The molecule has 2 aromatic carbocycles. The molecular formula is C21H18N2O3. The summed E-state index contributed by atoms with van der Waals surface area (Å²) in [6, 6.07) is 16.4. The highest BCUT2D eigenvalue weighted by Crippen LogP contribution is 2.33. The summed E-state index contributed by atoms with van der Waals surface area (Å²) in [6.07, 6.45) is 3.62. The maximum absolute atomic E-state index is 12.4. The molecule has 1 heterocycles. The van der Waals surface area contributed by atoms with Crippen LogP contribution in [0.3, 0.4) is 0 Å². The van der Waals surface area contributed by atoms with Crippen molar-refractivity contribution in [2.24, 2.45) is 0 Å². The monoisotopic (exact) mass is 346 g/mol. The van der Waals surface area contributed by atoms with Gasteiger partial charge in [0.05, 0.1) is 24.1 Å². The van der Waals surface area contributed by atoms with Gasteiger partial charge >= 0.3 is 5.97 Å². The van der Waals surface area contributed by atoms with Crippen molar-refractivity contribution in [1.82, 2.24) is 4.90 Å². The average Bonchev–Trinajstić information content (AvgIpc) is 2.66. The van der Waals surface area contributed by atoms with Gasteiger partial charge in [0.25, 0.3) is 0 Å². The summed E-state index contributed by atoms with van der Waals surface area (Å²) in [6.45, 7) is 1.51. The zero-order chi connectivity index (χ0) is 18.5. The molecule has 0 fully saturated rings. The minimum atomic E-state index is -0.418. The SMILES string of the molecule is CC(=O)N1C=Cc2ccccc2[C@H]1CC(=O)OCc1ccccc1C#N. The number of nitriles is 1. The van der Waals surface area contributed by atoms with Crippen molar-refractivity contribution >= 4 is 18.0 Å². The molecule has 130 valence electrons. The molecule has 0 bridgehead atoms. The lowest BCUT2D eigenvalue weighted by Gasteiger charge is -2.32. The molecule has 0 spiro atoms. The van der Waals surface area contributed by atoms with E-state index in [1.54, 1.807) is 35.4 Å². The maximum Gasteiger partial charge on any atom is 0.308 e. The Labute approximate surface area is 152 Å². The molecule has 1 amide bonds. The van der Waals surface area contributed by atoms with Crippen LogP contribution in [0.25, 0.3) is 6.08 Å². The second kappa shape index (κ2) is 7.66. The van der Waals surface area contributed by atoms with Gasteiger partial charge in [-0.25, -0.2) is 0 Å². The van der Waals surface area contributed by atoms with E-state index in [4.69, 9.17) is 10.00 Å². The number of benzene rings is 2. The van der Waals surface area contributed by atoms with Crippen molar-refractivity contribution in [3.63, 3.8) is 0 Å². The zero-order valence-corrected chi connectivity index (χ0v) is 14.4. The molecule has 0 N–H and O–H groups in total. The van der Waals surface area contributed by atoms with Crippen LogP contribution in [0, 0.1) is 11.3 Å². The minimum Gasteiger partial charge on any atom is -0.461 e. The van der Waals surface area contributed by atoms with E-state index in [0.29, 0.717) is 11.1 Å². The Morgan fingerprint density at radius 1 is 1.15 bits per heavy atom. The minimum absolute atomic E-state index is 0.0346. The summed E-state index contributed by atoms with van der Waals surface area (Å²) in [5.41, 5.74) is 3.05. The topological polar surface area (TPSA) is 70.4 Å². The third kappa shape index (κ3) is 3.65. The lowest BCUT2D eigenvalue weighted by Crippen LogP contribution is -2.32. The lowest BCUT2D eigenvalue weighted by molar-refractivity contribution is -0.146. The predicted molar refractivity (Wildman–Crippen MR) is 96.3 cm³/mol. The van der Waals surface area contributed by atoms with Crippen LogP contribution in [0.2, 0.25) is 0 Å². The van der Waals surface area contributed by atoms with E-state index in [-0.39, 0.29) is 18.9 Å². The third-order valence-electron chi connectivity index (χ3n) is 4.36. The molecule has 5 heteroatoms. The summed E-state index contributed by atoms with van der Waals surface area (Å²) in [7, 11) is 0. The second-order valence-corrected chi connectivity index (χ2v) is 6.02. The Bertz CT molecular complexity index is 911. The van der Waals surface area contributed by atoms with E-state index in [0.717, 1.165) is 11.1 Å². The first-order chi connectivity index (χ1) is 12.6. The summed E-state index contributed by atoms with van der Waals surface area (Å²) >= 11 is 0. The molecule has 1 atom stereocenters. The van der Waals surface area contributed by atoms with Gasteiger partial charge in [-0.1, -0.05) is 42.5 Å². The average molecular weight is 346 g/mol. The van der Waals surface area contributed by atoms with Gasteiger partial charge in [0.15, 0.2) is 0 Å². The molecule has 5 nitrogen and oxygen atoms in total. The van der Waals surface area contributed by atoms with Gasteiger partial charge < -0.3 is 9.64 Å². The molecule has 0 aliphatic carbocycles. The molecule has 26 heavy (non-hydrogen) atoms. The number of carbonyl (C=O) groups excluding carboxylic acids is 2. The molecule has 3 rings (SSSR count). The fourth-order valence-electron chi connectivity index (χ4n) is 3.04. The number of ether oxygens (including phenoxy) is 1. The third-order valence-corrected chi connectivity index (χ3v) is 4.36. The predicted octanol–water partition coefficient (Wildman–Crippen LogP) is 3.57. The van der Waals surface area contributed by atoms with Crippen molar-refractivity contribution in [3.8, 4) is 6.07 Å². The second-order valence-electron chi connectivity index (χ2n) is 6.02.